The number of nitrogens with two attached hydrogens (primary N) is 1. The fourth-order valence-corrected chi connectivity index (χ4v) is 1.69. The molecule has 0 aliphatic heterocycles. The van der Waals surface area contributed by atoms with Gasteiger partial charge in [-0.2, -0.15) is 0 Å². The van der Waals surface area contributed by atoms with Gasteiger partial charge in [0, 0.05) is 17.0 Å². The average Bonchev–Trinajstić information content (AvgIpc) is 2.47. The van der Waals surface area contributed by atoms with Gasteiger partial charge in [-0.1, -0.05) is 28.4 Å². The van der Waals surface area contributed by atoms with Gasteiger partial charge in [0.25, 0.3) is 0 Å². The Kier molecular flexibility index (Phi) is 2.15. The minimum absolute atomic E-state index is 0.309. The van der Waals surface area contributed by atoms with Gasteiger partial charge in [-0.25, -0.2) is 0 Å². The van der Waals surface area contributed by atoms with E-state index in [4.69, 9.17) is 33.5 Å². The number of fused-ring (bicyclic) bond motifs is 1. The van der Waals surface area contributed by atoms with Crippen molar-refractivity contribution in [1.29, 1.82) is 0 Å². The molecule has 0 saturated carbocycles. The second-order valence-electron chi connectivity index (χ2n) is 2.60. The number of hydrogen-bond donors (Lipinski definition) is 1. The number of rotatable bonds is 1. The molecule has 0 spiro atoms. The summed E-state index contributed by atoms with van der Waals surface area (Å²) in [4.78, 5) is 0. The minimum atomic E-state index is 0.309. The molecule has 2 N–H and O–H groups in total. The zero-order valence-electron chi connectivity index (χ0n) is 6.55. The van der Waals surface area contributed by atoms with Crippen LogP contribution in [0.15, 0.2) is 16.7 Å². The molecule has 0 saturated heterocycles. The molecule has 0 radical (unpaired) electrons. The molecule has 0 amide bonds. The van der Waals surface area contributed by atoms with Gasteiger partial charge in [-0.05, 0) is 12.1 Å². The van der Waals surface area contributed by atoms with Crippen LogP contribution in [-0.4, -0.2) is 5.16 Å². The third-order valence-corrected chi connectivity index (χ3v) is 2.26. The molecular weight excluding hydrogens is 211 g/mol. The van der Waals surface area contributed by atoms with Crippen molar-refractivity contribution in [3.63, 3.8) is 0 Å². The zero-order valence-corrected chi connectivity index (χ0v) is 8.06. The fraction of sp³-hybridized carbons (Fsp3) is 0.125. The smallest absolute Gasteiger partial charge is 0.185 e. The van der Waals surface area contributed by atoms with E-state index < -0.39 is 0 Å². The Morgan fingerprint density at radius 1 is 1.38 bits per heavy atom. The molecule has 5 heteroatoms. The highest BCUT2D eigenvalue weighted by atomic mass is 35.5. The van der Waals surface area contributed by atoms with E-state index in [0.717, 1.165) is 5.39 Å². The van der Waals surface area contributed by atoms with Crippen molar-refractivity contribution in [1.82, 2.24) is 5.16 Å². The Bertz CT molecular complexity index is 453. The van der Waals surface area contributed by atoms with Crippen molar-refractivity contribution in [3.05, 3.63) is 27.9 Å². The standard InChI is InChI=1S/C8H6Cl2N2O/c9-4-1-5-7(3-11)12-13-8(5)6(10)2-4/h1-2H,3,11H2. The maximum absolute atomic E-state index is 5.87. The number of aromatic nitrogens is 1. The third kappa shape index (κ3) is 1.39. The Labute approximate surface area is 84.4 Å². The quantitative estimate of drug-likeness (QED) is 0.798. The molecule has 1 aromatic heterocycles. The van der Waals surface area contributed by atoms with Crippen LogP contribution in [0.5, 0.6) is 0 Å². The first kappa shape index (κ1) is 8.81. The van der Waals surface area contributed by atoms with Crippen molar-refractivity contribution in [2.75, 3.05) is 0 Å². The summed E-state index contributed by atoms with van der Waals surface area (Å²) in [5.74, 6) is 0. The first-order valence-corrected chi connectivity index (χ1v) is 4.41. The third-order valence-electron chi connectivity index (χ3n) is 1.76. The van der Waals surface area contributed by atoms with Crippen molar-refractivity contribution in [2.24, 2.45) is 5.73 Å². The van der Waals surface area contributed by atoms with Crippen LogP contribution in [0.4, 0.5) is 0 Å². The lowest BCUT2D eigenvalue weighted by atomic mass is 10.2. The summed E-state index contributed by atoms with van der Waals surface area (Å²) in [7, 11) is 0. The fourth-order valence-electron chi connectivity index (χ4n) is 1.16. The molecule has 0 aliphatic carbocycles. The molecule has 0 atom stereocenters. The number of hydrogen-bond acceptors (Lipinski definition) is 3. The summed E-state index contributed by atoms with van der Waals surface area (Å²) in [6.45, 7) is 0.309. The van der Waals surface area contributed by atoms with E-state index in [9.17, 15) is 0 Å². The Morgan fingerprint density at radius 2 is 2.15 bits per heavy atom. The lowest BCUT2D eigenvalue weighted by molar-refractivity contribution is 0.446. The Hall–Kier alpha value is -0.770. The van der Waals surface area contributed by atoms with E-state index in [1.54, 1.807) is 12.1 Å². The van der Waals surface area contributed by atoms with Gasteiger partial charge in [-0.15, -0.1) is 0 Å². The van der Waals surface area contributed by atoms with Crippen LogP contribution in [0.25, 0.3) is 11.0 Å². The molecule has 3 nitrogen and oxygen atoms in total. The van der Waals surface area contributed by atoms with Gasteiger partial charge in [-0.3, -0.25) is 0 Å². The molecule has 1 aromatic carbocycles. The highest BCUT2D eigenvalue weighted by molar-refractivity contribution is 6.38. The molecule has 0 unspecified atom stereocenters. The van der Waals surface area contributed by atoms with Crippen molar-refractivity contribution in [2.45, 2.75) is 6.54 Å². The van der Waals surface area contributed by atoms with E-state index in [2.05, 4.69) is 5.16 Å². The Balaban J connectivity index is 2.82. The highest BCUT2D eigenvalue weighted by Gasteiger charge is 2.10. The van der Waals surface area contributed by atoms with E-state index in [1.807, 2.05) is 0 Å². The molecular formula is C8H6Cl2N2O. The maximum atomic E-state index is 5.87. The molecule has 68 valence electrons. The molecule has 0 aliphatic rings. The van der Waals surface area contributed by atoms with Crippen molar-refractivity contribution < 1.29 is 4.52 Å². The van der Waals surface area contributed by atoms with Crippen LogP contribution in [0.3, 0.4) is 0 Å². The van der Waals surface area contributed by atoms with Crippen LogP contribution in [-0.2, 0) is 6.54 Å². The molecule has 13 heavy (non-hydrogen) atoms. The first-order valence-electron chi connectivity index (χ1n) is 3.65. The zero-order chi connectivity index (χ0) is 9.42. The van der Waals surface area contributed by atoms with Crippen molar-refractivity contribution >= 4 is 34.2 Å². The number of benzene rings is 1. The summed E-state index contributed by atoms with van der Waals surface area (Å²) in [6.07, 6.45) is 0. The SMILES string of the molecule is NCc1noc2c(Cl)cc(Cl)cc12. The lowest BCUT2D eigenvalue weighted by Crippen LogP contribution is -1.96. The van der Waals surface area contributed by atoms with E-state index in [1.165, 1.54) is 0 Å². The number of halogens is 2. The normalized spacial score (nSPS) is 11.0. The summed E-state index contributed by atoms with van der Waals surface area (Å²) < 4.78 is 5.01. The van der Waals surface area contributed by atoms with Gasteiger partial charge in [0.15, 0.2) is 5.58 Å². The van der Waals surface area contributed by atoms with E-state index in [0.29, 0.717) is 27.9 Å². The summed E-state index contributed by atoms with van der Waals surface area (Å²) >= 11 is 11.7. The molecule has 0 bridgehead atoms. The number of nitrogens with zero attached hydrogens (tertiary/aromatic N) is 1. The summed E-state index contributed by atoms with van der Waals surface area (Å²) in [5.41, 5.74) is 6.65. The second kappa shape index (κ2) is 3.18. The molecule has 0 fully saturated rings. The Morgan fingerprint density at radius 3 is 2.85 bits per heavy atom. The monoisotopic (exact) mass is 216 g/mol. The van der Waals surface area contributed by atoms with Gasteiger partial charge in [0.1, 0.15) is 5.69 Å². The second-order valence-corrected chi connectivity index (χ2v) is 3.44. The van der Waals surface area contributed by atoms with Gasteiger partial charge in [0.05, 0.1) is 5.02 Å². The van der Waals surface area contributed by atoms with E-state index >= 15 is 0 Å². The first-order chi connectivity index (χ1) is 6.22. The maximum Gasteiger partial charge on any atom is 0.185 e. The highest BCUT2D eigenvalue weighted by Crippen LogP contribution is 2.29. The van der Waals surface area contributed by atoms with Crippen LogP contribution >= 0.6 is 23.2 Å². The largest absolute Gasteiger partial charge is 0.354 e. The van der Waals surface area contributed by atoms with Crippen LogP contribution in [0.1, 0.15) is 5.69 Å². The molecule has 2 rings (SSSR count). The van der Waals surface area contributed by atoms with Gasteiger partial charge >= 0.3 is 0 Å². The molecule has 2 aromatic rings. The minimum Gasteiger partial charge on any atom is -0.354 e. The van der Waals surface area contributed by atoms with Crippen LogP contribution < -0.4 is 5.73 Å². The molecule has 1 heterocycles. The average molecular weight is 217 g/mol. The topological polar surface area (TPSA) is 52.0 Å². The summed E-state index contributed by atoms with van der Waals surface area (Å²) in [6, 6.07) is 3.35. The predicted octanol–water partition coefficient (Wildman–Crippen LogP) is 2.59. The van der Waals surface area contributed by atoms with Crippen molar-refractivity contribution in [3.8, 4) is 0 Å². The van der Waals surface area contributed by atoms with Crippen LogP contribution in [0.2, 0.25) is 10.0 Å². The van der Waals surface area contributed by atoms with E-state index in [-0.39, 0.29) is 0 Å². The van der Waals surface area contributed by atoms with Crippen LogP contribution in [0, 0.1) is 0 Å². The van der Waals surface area contributed by atoms with Gasteiger partial charge < -0.3 is 10.3 Å². The summed E-state index contributed by atoms with van der Waals surface area (Å²) in [5, 5.41) is 5.56. The predicted molar refractivity (Wildman–Crippen MR) is 51.9 cm³/mol. The van der Waals surface area contributed by atoms with Gasteiger partial charge in [0.2, 0.25) is 0 Å². The lowest BCUT2D eigenvalue weighted by Gasteiger charge is -1.93.